The van der Waals surface area contributed by atoms with Gasteiger partial charge in [0.1, 0.15) is 6.04 Å². The molecule has 0 fully saturated rings. The summed E-state index contributed by atoms with van der Waals surface area (Å²) in [7, 11) is 0. The number of halogens is 1. The third kappa shape index (κ3) is 4.76. The zero-order chi connectivity index (χ0) is 20.1. The number of pyridine rings is 1. The second-order valence-corrected chi connectivity index (χ2v) is 8.16. The number of hydrogen-bond donors (Lipinski definition) is 2. The Balaban J connectivity index is 1.83. The summed E-state index contributed by atoms with van der Waals surface area (Å²) in [5, 5.41) is 11.5. The largest absolute Gasteiger partial charge is 0.374 e. The standard InChI is InChI=1S/C20H24BrN5O2/c1-20(2,13-22)19(27)23-16(12-28-11-14-6-4-3-5-7-14)18-25-24-17-9-8-15(21)10-26(17)18/h3-10,16H,11-13,22H2,1-2H3,(H,23,27)/t16-/m1/s1. The minimum absolute atomic E-state index is 0.157. The minimum Gasteiger partial charge on any atom is -0.374 e. The maximum absolute atomic E-state index is 12.7. The van der Waals surface area contributed by atoms with Crippen LogP contribution >= 0.6 is 15.9 Å². The maximum Gasteiger partial charge on any atom is 0.227 e. The van der Waals surface area contributed by atoms with Crippen molar-refractivity contribution in [3.63, 3.8) is 0 Å². The van der Waals surface area contributed by atoms with Crippen LogP contribution in [-0.2, 0) is 16.1 Å². The predicted octanol–water partition coefficient (Wildman–Crippen LogP) is 2.85. The van der Waals surface area contributed by atoms with Gasteiger partial charge in [0.05, 0.1) is 18.6 Å². The van der Waals surface area contributed by atoms with Crippen LogP contribution in [-0.4, -0.2) is 33.7 Å². The highest BCUT2D eigenvalue weighted by Gasteiger charge is 2.30. The fraction of sp³-hybridized carbons (Fsp3) is 0.350. The number of nitrogens with one attached hydrogen (secondary N) is 1. The van der Waals surface area contributed by atoms with Crippen molar-refractivity contribution in [3.05, 3.63) is 64.5 Å². The smallest absolute Gasteiger partial charge is 0.227 e. The van der Waals surface area contributed by atoms with E-state index in [1.54, 1.807) is 0 Å². The van der Waals surface area contributed by atoms with E-state index in [0.717, 1.165) is 10.0 Å². The third-order valence-corrected chi connectivity index (χ3v) is 5.00. The molecule has 28 heavy (non-hydrogen) atoms. The number of aromatic nitrogens is 3. The number of hydrogen-bond acceptors (Lipinski definition) is 5. The fourth-order valence-electron chi connectivity index (χ4n) is 2.62. The van der Waals surface area contributed by atoms with E-state index >= 15 is 0 Å². The van der Waals surface area contributed by atoms with Crippen LogP contribution in [0.3, 0.4) is 0 Å². The fourth-order valence-corrected chi connectivity index (χ4v) is 2.95. The average Bonchev–Trinajstić information content (AvgIpc) is 3.10. The van der Waals surface area contributed by atoms with E-state index in [-0.39, 0.29) is 19.1 Å². The lowest BCUT2D eigenvalue weighted by Crippen LogP contribution is -2.44. The number of nitrogens with zero attached hydrogens (tertiary/aromatic N) is 3. The Morgan fingerprint density at radius 1 is 1.25 bits per heavy atom. The summed E-state index contributed by atoms with van der Waals surface area (Å²) in [6.07, 6.45) is 1.87. The zero-order valence-corrected chi connectivity index (χ0v) is 17.5. The van der Waals surface area contributed by atoms with Gasteiger partial charge in [-0.15, -0.1) is 10.2 Å². The molecule has 0 radical (unpaired) electrons. The second-order valence-electron chi connectivity index (χ2n) is 7.25. The SMILES string of the molecule is CC(C)(CN)C(=O)N[C@H](COCc1ccccc1)c1nnc2ccc(Br)cn12. The van der Waals surface area contributed by atoms with Crippen molar-refractivity contribution in [1.82, 2.24) is 19.9 Å². The van der Waals surface area contributed by atoms with Gasteiger partial charge in [-0.3, -0.25) is 9.20 Å². The quantitative estimate of drug-likeness (QED) is 0.555. The Morgan fingerprint density at radius 2 is 2.00 bits per heavy atom. The number of carbonyl (C=O) groups excluding carboxylic acids is 1. The van der Waals surface area contributed by atoms with E-state index in [1.165, 1.54) is 0 Å². The molecule has 1 amide bonds. The molecule has 148 valence electrons. The topological polar surface area (TPSA) is 94.5 Å². The summed E-state index contributed by atoms with van der Waals surface area (Å²) in [6.45, 7) is 4.55. The van der Waals surface area contributed by atoms with Gasteiger partial charge in [-0.1, -0.05) is 30.3 Å². The molecule has 0 saturated heterocycles. The van der Waals surface area contributed by atoms with Crippen molar-refractivity contribution in [3.8, 4) is 0 Å². The van der Waals surface area contributed by atoms with Gasteiger partial charge in [-0.25, -0.2) is 0 Å². The van der Waals surface area contributed by atoms with Crippen molar-refractivity contribution in [1.29, 1.82) is 0 Å². The van der Waals surface area contributed by atoms with E-state index in [1.807, 2.05) is 66.9 Å². The van der Waals surface area contributed by atoms with Gasteiger partial charge in [0.25, 0.3) is 0 Å². The molecular weight excluding hydrogens is 422 g/mol. The first-order valence-electron chi connectivity index (χ1n) is 9.03. The van der Waals surface area contributed by atoms with Gasteiger partial charge in [0, 0.05) is 17.2 Å². The molecule has 2 aromatic heterocycles. The van der Waals surface area contributed by atoms with Crippen molar-refractivity contribution in [2.45, 2.75) is 26.5 Å². The van der Waals surface area contributed by atoms with E-state index in [9.17, 15) is 4.79 Å². The summed E-state index contributed by atoms with van der Waals surface area (Å²) in [6, 6.07) is 13.2. The molecule has 0 spiro atoms. The molecule has 0 aliphatic heterocycles. The summed E-state index contributed by atoms with van der Waals surface area (Å²) in [4.78, 5) is 12.7. The first-order valence-corrected chi connectivity index (χ1v) is 9.83. The third-order valence-electron chi connectivity index (χ3n) is 4.53. The normalized spacial score (nSPS) is 12.9. The number of rotatable bonds is 8. The molecule has 1 atom stereocenters. The zero-order valence-electron chi connectivity index (χ0n) is 15.9. The summed E-state index contributed by atoms with van der Waals surface area (Å²) in [5.74, 6) is 0.445. The van der Waals surface area contributed by atoms with Crippen molar-refractivity contribution in [2.75, 3.05) is 13.2 Å². The molecule has 0 bridgehead atoms. The number of amides is 1. The van der Waals surface area contributed by atoms with Gasteiger partial charge in [0.2, 0.25) is 5.91 Å². The molecule has 0 saturated carbocycles. The average molecular weight is 446 g/mol. The van der Waals surface area contributed by atoms with Crippen LogP contribution in [0.4, 0.5) is 0 Å². The van der Waals surface area contributed by atoms with Crippen LogP contribution in [0.5, 0.6) is 0 Å². The molecule has 0 aliphatic carbocycles. The molecule has 7 nitrogen and oxygen atoms in total. The Hall–Kier alpha value is -2.29. The Morgan fingerprint density at radius 3 is 2.71 bits per heavy atom. The van der Waals surface area contributed by atoms with E-state index < -0.39 is 11.5 Å². The van der Waals surface area contributed by atoms with E-state index in [2.05, 4.69) is 31.4 Å². The summed E-state index contributed by atoms with van der Waals surface area (Å²) < 4.78 is 8.62. The number of ether oxygens (including phenoxy) is 1. The molecule has 8 heteroatoms. The van der Waals surface area contributed by atoms with Crippen LogP contribution < -0.4 is 11.1 Å². The number of nitrogens with two attached hydrogens (primary N) is 1. The van der Waals surface area contributed by atoms with E-state index in [4.69, 9.17) is 10.5 Å². The lowest BCUT2D eigenvalue weighted by atomic mass is 9.92. The molecule has 0 unspecified atom stereocenters. The summed E-state index contributed by atoms with van der Waals surface area (Å²) >= 11 is 3.47. The predicted molar refractivity (Wildman–Crippen MR) is 111 cm³/mol. The highest BCUT2D eigenvalue weighted by Crippen LogP contribution is 2.20. The molecule has 2 heterocycles. The monoisotopic (exact) mass is 445 g/mol. The molecule has 3 aromatic rings. The second kappa shape index (κ2) is 8.81. The molecule has 3 N–H and O–H groups in total. The van der Waals surface area contributed by atoms with Crippen LogP contribution in [0.25, 0.3) is 5.65 Å². The molecule has 1 aromatic carbocycles. The van der Waals surface area contributed by atoms with Gasteiger partial charge in [-0.2, -0.15) is 0 Å². The lowest BCUT2D eigenvalue weighted by Gasteiger charge is -2.25. The van der Waals surface area contributed by atoms with Gasteiger partial charge < -0.3 is 15.8 Å². The lowest BCUT2D eigenvalue weighted by molar-refractivity contribution is -0.130. The Kier molecular flexibility index (Phi) is 6.43. The molecule has 0 aliphatic rings. The van der Waals surface area contributed by atoms with Gasteiger partial charge >= 0.3 is 0 Å². The minimum atomic E-state index is -0.696. The number of benzene rings is 1. The van der Waals surface area contributed by atoms with Crippen molar-refractivity contribution >= 4 is 27.5 Å². The first-order chi connectivity index (χ1) is 13.4. The van der Waals surface area contributed by atoms with Crippen molar-refractivity contribution < 1.29 is 9.53 Å². The van der Waals surface area contributed by atoms with E-state index in [0.29, 0.717) is 18.1 Å². The number of carbonyl (C=O) groups is 1. The van der Waals surface area contributed by atoms with Gasteiger partial charge in [0.15, 0.2) is 11.5 Å². The van der Waals surface area contributed by atoms with Crippen molar-refractivity contribution in [2.24, 2.45) is 11.1 Å². The van der Waals surface area contributed by atoms with Crippen LogP contribution in [0.2, 0.25) is 0 Å². The first kappa shape index (κ1) is 20.4. The Bertz CT molecular complexity index is 942. The highest BCUT2D eigenvalue weighted by molar-refractivity contribution is 9.10. The van der Waals surface area contributed by atoms with Crippen LogP contribution in [0.15, 0.2) is 53.1 Å². The summed E-state index contributed by atoms with van der Waals surface area (Å²) in [5.41, 5.74) is 6.81. The molecular formula is C20H24BrN5O2. The van der Waals surface area contributed by atoms with Gasteiger partial charge in [-0.05, 0) is 47.5 Å². The molecule has 3 rings (SSSR count). The highest BCUT2D eigenvalue weighted by atomic mass is 79.9. The Labute approximate surface area is 172 Å². The van der Waals surface area contributed by atoms with Crippen LogP contribution in [0, 0.1) is 5.41 Å². The number of fused-ring (bicyclic) bond motifs is 1. The maximum atomic E-state index is 12.7. The van der Waals surface area contributed by atoms with Crippen LogP contribution in [0.1, 0.15) is 31.3 Å².